The first-order valence-electron chi connectivity index (χ1n) is 7.04. The van der Waals surface area contributed by atoms with Crippen LogP contribution in [0.5, 0.6) is 0 Å². The summed E-state index contributed by atoms with van der Waals surface area (Å²) >= 11 is 2.99. The van der Waals surface area contributed by atoms with E-state index >= 15 is 0 Å². The molecule has 1 aromatic heterocycles. The average molecular weight is 400 g/mol. The van der Waals surface area contributed by atoms with Gasteiger partial charge in [-0.15, -0.1) is 0 Å². The minimum Gasteiger partial charge on any atom is -0.464 e. The van der Waals surface area contributed by atoms with Crippen molar-refractivity contribution in [2.75, 3.05) is 11.4 Å². The van der Waals surface area contributed by atoms with E-state index < -0.39 is 17.7 Å². The van der Waals surface area contributed by atoms with Crippen LogP contribution in [0.4, 0.5) is 14.9 Å². The van der Waals surface area contributed by atoms with Crippen LogP contribution in [0.3, 0.4) is 0 Å². The molecule has 0 fully saturated rings. The second-order valence-corrected chi connectivity index (χ2v) is 5.72. The van der Waals surface area contributed by atoms with Gasteiger partial charge in [-0.25, -0.2) is 18.7 Å². The molecule has 128 valence electrons. The molecular weight excluding hydrogens is 385 g/mol. The average Bonchev–Trinajstić information content (AvgIpc) is 2.99. The lowest BCUT2D eigenvalue weighted by atomic mass is 10.1. The first-order chi connectivity index (χ1) is 11.5. The predicted octanol–water partition coefficient (Wildman–Crippen LogP) is 2.76. The monoisotopic (exact) mass is 399 g/mol. The van der Waals surface area contributed by atoms with Crippen molar-refractivity contribution in [1.82, 2.24) is 10.3 Å². The molecule has 0 aliphatic rings. The van der Waals surface area contributed by atoms with Crippen LogP contribution in [-0.2, 0) is 6.42 Å². The third-order valence-corrected chi connectivity index (χ3v) is 3.83. The van der Waals surface area contributed by atoms with Crippen molar-refractivity contribution >= 4 is 33.5 Å². The van der Waals surface area contributed by atoms with Crippen molar-refractivity contribution in [2.45, 2.75) is 19.3 Å². The van der Waals surface area contributed by atoms with Crippen LogP contribution in [-0.4, -0.2) is 33.9 Å². The SMILES string of the molecule is N=C(c1nonc1CCCCN)N(C(=O)O)c1ccc(F)c(Br)c1. The van der Waals surface area contributed by atoms with Gasteiger partial charge in [0.2, 0.25) is 0 Å². The Hall–Kier alpha value is -2.33. The second kappa shape index (κ2) is 7.97. The molecule has 0 atom stereocenters. The molecule has 0 aliphatic carbocycles. The third-order valence-electron chi connectivity index (χ3n) is 3.22. The topological polar surface area (TPSA) is 129 Å². The molecular formula is C14H15BrFN5O3. The minimum absolute atomic E-state index is 0.0230. The highest BCUT2D eigenvalue weighted by Crippen LogP contribution is 2.25. The van der Waals surface area contributed by atoms with Crippen LogP contribution >= 0.6 is 15.9 Å². The quantitative estimate of drug-likeness (QED) is 0.389. The number of benzene rings is 1. The van der Waals surface area contributed by atoms with E-state index in [1.807, 2.05) is 0 Å². The van der Waals surface area contributed by atoms with Crippen LogP contribution in [0.25, 0.3) is 0 Å². The highest BCUT2D eigenvalue weighted by molar-refractivity contribution is 9.10. The van der Waals surface area contributed by atoms with E-state index in [-0.39, 0.29) is 15.9 Å². The smallest absolute Gasteiger partial charge is 0.417 e. The molecule has 2 rings (SSSR count). The van der Waals surface area contributed by atoms with Gasteiger partial charge >= 0.3 is 6.09 Å². The minimum atomic E-state index is -1.41. The second-order valence-electron chi connectivity index (χ2n) is 4.87. The fourth-order valence-electron chi connectivity index (χ4n) is 2.05. The lowest BCUT2D eigenvalue weighted by Gasteiger charge is -2.19. The van der Waals surface area contributed by atoms with Gasteiger partial charge in [-0.1, -0.05) is 5.16 Å². The summed E-state index contributed by atoms with van der Waals surface area (Å²) in [5, 5.41) is 25.0. The Morgan fingerprint density at radius 2 is 2.17 bits per heavy atom. The highest BCUT2D eigenvalue weighted by atomic mass is 79.9. The number of nitrogens with one attached hydrogen (secondary N) is 1. The van der Waals surface area contributed by atoms with Crippen LogP contribution in [0.1, 0.15) is 24.2 Å². The fourth-order valence-corrected chi connectivity index (χ4v) is 2.42. The fraction of sp³-hybridized carbons (Fsp3) is 0.286. The van der Waals surface area contributed by atoms with E-state index in [2.05, 4.69) is 30.9 Å². The van der Waals surface area contributed by atoms with Crippen molar-refractivity contribution in [3.8, 4) is 0 Å². The number of nitrogens with zero attached hydrogens (tertiary/aromatic N) is 3. The standard InChI is InChI=1S/C14H15BrFN5O3/c15-9-7-8(4-5-10(9)16)21(14(22)23)13(18)12-11(19-24-20-12)3-1-2-6-17/h4-5,7,18H,1-3,6,17H2,(H,22,23). The van der Waals surface area contributed by atoms with Gasteiger partial charge in [0, 0.05) is 0 Å². The third kappa shape index (κ3) is 3.95. The molecule has 10 heteroatoms. The van der Waals surface area contributed by atoms with Gasteiger partial charge in [0.05, 0.1) is 10.2 Å². The maximum Gasteiger partial charge on any atom is 0.417 e. The van der Waals surface area contributed by atoms with Gasteiger partial charge in [-0.3, -0.25) is 5.41 Å². The highest BCUT2D eigenvalue weighted by Gasteiger charge is 2.27. The number of amidine groups is 1. The first-order valence-corrected chi connectivity index (χ1v) is 7.83. The molecule has 0 saturated heterocycles. The number of rotatable bonds is 6. The molecule has 2 aromatic rings. The van der Waals surface area contributed by atoms with E-state index in [1.54, 1.807) is 0 Å². The first kappa shape index (κ1) is 18.0. The van der Waals surface area contributed by atoms with Crippen molar-refractivity contribution in [3.63, 3.8) is 0 Å². The van der Waals surface area contributed by atoms with Crippen molar-refractivity contribution in [3.05, 3.63) is 39.9 Å². The van der Waals surface area contributed by atoms with Gasteiger partial charge in [0.15, 0.2) is 11.5 Å². The summed E-state index contributed by atoms with van der Waals surface area (Å²) in [5.41, 5.74) is 5.93. The molecule has 1 heterocycles. The van der Waals surface area contributed by atoms with Crippen molar-refractivity contribution in [1.29, 1.82) is 5.41 Å². The number of aromatic nitrogens is 2. The van der Waals surface area contributed by atoms with Crippen LogP contribution in [0, 0.1) is 11.2 Å². The summed E-state index contributed by atoms with van der Waals surface area (Å²) < 4.78 is 18.1. The van der Waals surface area contributed by atoms with Gasteiger partial charge in [0.25, 0.3) is 0 Å². The Kier molecular flexibility index (Phi) is 5.99. The Labute approximate surface area is 145 Å². The number of unbranched alkanes of at least 4 members (excludes halogenated alkanes) is 1. The number of nitrogens with two attached hydrogens (primary N) is 1. The van der Waals surface area contributed by atoms with E-state index in [9.17, 15) is 14.3 Å². The van der Waals surface area contributed by atoms with Gasteiger partial charge in [-0.2, -0.15) is 0 Å². The zero-order chi connectivity index (χ0) is 17.7. The number of aryl methyl sites for hydroxylation is 1. The molecule has 0 spiro atoms. The van der Waals surface area contributed by atoms with Gasteiger partial charge in [0.1, 0.15) is 11.5 Å². The Bertz CT molecular complexity index is 752. The Balaban J connectivity index is 2.32. The number of amides is 1. The van der Waals surface area contributed by atoms with Crippen molar-refractivity contribution < 1.29 is 18.9 Å². The lowest BCUT2D eigenvalue weighted by Crippen LogP contribution is -2.36. The number of carbonyl (C=O) groups is 1. The van der Waals surface area contributed by atoms with Gasteiger partial charge < -0.3 is 10.8 Å². The molecule has 24 heavy (non-hydrogen) atoms. The summed E-state index contributed by atoms with van der Waals surface area (Å²) in [6.07, 6.45) is 0.515. The number of carboxylic acid groups (broad SMARTS) is 1. The van der Waals surface area contributed by atoms with Crippen molar-refractivity contribution in [2.24, 2.45) is 5.73 Å². The van der Waals surface area contributed by atoms with Crippen LogP contribution < -0.4 is 10.6 Å². The van der Waals surface area contributed by atoms with E-state index in [4.69, 9.17) is 11.1 Å². The molecule has 1 aromatic carbocycles. The summed E-state index contributed by atoms with van der Waals surface area (Å²) in [7, 11) is 0. The normalized spacial score (nSPS) is 10.6. The zero-order valence-electron chi connectivity index (χ0n) is 12.5. The maximum absolute atomic E-state index is 13.4. The Morgan fingerprint density at radius 1 is 1.42 bits per heavy atom. The largest absolute Gasteiger partial charge is 0.464 e. The van der Waals surface area contributed by atoms with Crippen LogP contribution in [0.2, 0.25) is 0 Å². The molecule has 8 nitrogen and oxygen atoms in total. The Morgan fingerprint density at radius 3 is 2.79 bits per heavy atom. The lowest BCUT2D eigenvalue weighted by molar-refractivity contribution is 0.205. The predicted molar refractivity (Wildman–Crippen MR) is 87.7 cm³/mol. The summed E-state index contributed by atoms with van der Waals surface area (Å²) in [6, 6.07) is 3.62. The molecule has 0 bridgehead atoms. The maximum atomic E-state index is 13.4. The molecule has 0 saturated carbocycles. The summed E-state index contributed by atoms with van der Waals surface area (Å²) in [6.45, 7) is 0.517. The van der Waals surface area contributed by atoms with E-state index in [1.165, 1.54) is 12.1 Å². The van der Waals surface area contributed by atoms with E-state index in [0.29, 0.717) is 30.0 Å². The number of anilines is 1. The number of hydrogen-bond acceptors (Lipinski definition) is 6. The number of halogens is 2. The number of hydrogen-bond donors (Lipinski definition) is 3. The summed E-state index contributed by atoms with van der Waals surface area (Å²) in [5.74, 6) is -0.966. The van der Waals surface area contributed by atoms with E-state index in [0.717, 1.165) is 12.5 Å². The zero-order valence-corrected chi connectivity index (χ0v) is 14.1. The molecule has 0 aliphatic heterocycles. The molecule has 1 amide bonds. The van der Waals surface area contributed by atoms with Crippen LogP contribution in [0.15, 0.2) is 27.3 Å². The van der Waals surface area contributed by atoms with Gasteiger partial charge in [-0.05, 0) is 65.1 Å². The summed E-state index contributed by atoms with van der Waals surface area (Å²) in [4.78, 5) is 12.3. The molecule has 0 unspecified atom stereocenters. The molecule has 4 N–H and O–H groups in total. The molecule has 0 radical (unpaired) electrons.